The summed E-state index contributed by atoms with van der Waals surface area (Å²) < 4.78 is 0. The molecule has 1 atom stereocenters. The van der Waals surface area contributed by atoms with E-state index in [1.807, 2.05) is 0 Å². The fourth-order valence-corrected chi connectivity index (χ4v) is 3.01. The maximum absolute atomic E-state index is 4.44. The van der Waals surface area contributed by atoms with Crippen molar-refractivity contribution in [2.75, 3.05) is 23.3 Å². The zero-order valence-corrected chi connectivity index (χ0v) is 13.4. The van der Waals surface area contributed by atoms with Crippen LogP contribution in [0.25, 0.3) is 0 Å². The number of hydrogen-bond acceptors (Lipinski definition) is 4. The molecule has 0 amide bonds. The molecule has 0 saturated carbocycles. The van der Waals surface area contributed by atoms with Gasteiger partial charge in [-0.05, 0) is 36.8 Å². The van der Waals surface area contributed by atoms with Crippen molar-refractivity contribution in [1.82, 2.24) is 9.97 Å². The normalized spacial score (nSPS) is 18.3. The van der Waals surface area contributed by atoms with Crippen molar-refractivity contribution in [3.63, 3.8) is 0 Å². The highest BCUT2D eigenvalue weighted by Crippen LogP contribution is 2.22. The molecule has 1 N–H and O–H groups in total. The van der Waals surface area contributed by atoms with Crippen LogP contribution in [-0.2, 0) is 6.54 Å². The molecular formula is C18H24N4. The van der Waals surface area contributed by atoms with Crippen LogP contribution < -0.4 is 10.2 Å². The maximum atomic E-state index is 4.44. The number of hydrogen-bond donors (Lipinski definition) is 1. The van der Waals surface area contributed by atoms with E-state index < -0.39 is 0 Å². The SMILES string of the molecule is Cc1ccccc1CNc1cc(N2CCCC(C)C2)ncn1. The molecule has 0 aliphatic carbocycles. The molecule has 22 heavy (non-hydrogen) atoms. The molecule has 0 bridgehead atoms. The molecule has 1 aromatic carbocycles. The van der Waals surface area contributed by atoms with Crippen molar-refractivity contribution in [3.8, 4) is 0 Å². The van der Waals surface area contributed by atoms with Crippen LogP contribution in [-0.4, -0.2) is 23.1 Å². The van der Waals surface area contributed by atoms with E-state index in [0.717, 1.165) is 37.2 Å². The average Bonchev–Trinajstić information content (AvgIpc) is 2.54. The number of aryl methyl sites for hydroxylation is 1. The van der Waals surface area contributed by atoms with E-state index in [-0.39, 0.29) is 0 Å². The number of piperidine rings is 1. The van der Waals surface area contributed by atoms with E-state index in [0.29, 0.717) is 0 Å². The Bertz CT molecular complexity index is 626. The van der Waals surface area contributed by atoms with E-state index in [1.54, 1.807) is 6.33 Å². The van der Waals surface area contributed by atoms with Crippen LogP contribution in [0.2, 0.25) is 0 Å². The lowest BCUT2D eigenvalue weighted by atomic mass is 10.0. The highest BCUT2D eigenvalue weighted by Gasteiger charge is 2.17. The lowest BCUT2D eigenvalue weighted by molar-refractivity contribution is 0.444. The molecular weight excluding hydrogens is 272 g/mol. The monoisotopic (exact) mass is 296 g/mol. The molecule has 2 heterocycles. The fourth-order valence-electron chi connectivity index (χ4n) is 3.01. The topological polar surface area (TPSA) is 41.0 Å². The van der Waals surface area contributed by atoms with Crippen LogP contribution >= 0.6 is 0 Å². The van der Waals surface area contributed by atoms with Gasteiger partial charge in [-0.2, -0.15) is 0 Å². The first-order valence-electron chi connectivity index (χ1n) is 8.08. The van der Waals surface area contributed by atoms with E-state index in [1.165, 1.54) is 24.0 Å². The van der Waals surface area contributed by atoms with Crippen LogP contribution in [0.1, 0.15) is 30.9 Å². The number of aromatic nitrogens is 2. The largest absolute Gasteiger partial charge is 0.366 e. The van der Waals surface area contributed by atoms with E-state index in [2.05, 4.69) is 64.4 Å². The van der Waals surface area contributed by atoms with E-state index in [9.17, 15) is 0 Å². The first-order valence-corrected chi connectivity index (χ1v) is 8.08. The average molecular weight is 296 g/mol. The van der Waals surface area contributed by atoms with Crippen molar-refractivity contribution in [2.24, 2.45) is 5.92 Å². The number of anilines is 2. The zero-order chi connectivity index (χ0) is 15.4. The minimum Gasteiger partial charge on any atom is -0.366 e. The third-order valence-electron chi connectivity index (χ3n) is 4.35. The van der Waals surface area contributed by atoms with Crippen LogP contribution in [0.5, 0.6) is 0 Å². The van der Waals surface area contributed by atoms with Gasteiger partial charge in [0.05, 0.1) is 0 Å². The summed E-state index contributed by atoms with van der Waals surface area (Å²) >= 11 is 0. The third kappa shape index (κ3) is 3.56. The van der Waals surface area contributed by atoms with E-state index in [4.69, 9.17) is 0 Å². The lowest BCUT2D eigenvalue weighted by Gasteiger charge is -2.31. The predicted octanol–water partition coefficient (Wildman–Crippen LogP) is 3.63. The van der Waals surface area contributed by atoms with Gasteiger partial charge in [0.25, 0.3) is 0 Å². The van der Waals surface area contributed by atoms with Gasteiger partial charge < -0.3 is 10.2 Å². The Morgan fingerprint density at radius 3 is 2.95 bits per heavy atom. The molecule has 3 rings (SSSR count). The van der Waals surface area contributed by atoms with Crippen LogP contribution in [0.15, 0.2) is 36.7 Å². The Balaban J connectivity index is 1.67. The number of nitrogens with zero attached hydrogens (tertiary/aromatic N) is 3. The summed E-state index contributed by atoms with van der Waals surface area (Å²) in [6.45, 7) is 7.43. The Kier molecular flexibility index (Phi) is 4.56. The van der Waals surface area contributed by atoms with Gasteiger partial charge in [0.2, 0.25) is 0 Å². The van der Waals surface area contributed by atoms with Gasteiger partial charge >= 0.3 is 0 Å². The second-order valence-electron chi connectivity index (χ2n) is 6.23. The second-order valence-corrected chi connectivity index (χ2v) is 6.23. The fraction of sp³-hybridized carbons (Fsp3) is 0.444. The first-order chi connectivity index (χ1) is 10.7. The Morgan fingerprint density at radius 1 is 1.27 bits per heavy atom. The Hall–Kier alpha value is -2.10. The Labute approximate surface area is 132 Å². The lowest BCUT2D eigenvalue weighted by Crippen LogP contribution is -2.34. The number of rotatable bonds is 4. The van der Waals surface area contributed by atoms with Crippen molar-refractivity contribution in [2.45, 2.75) is 33.2 Å². The zero-order valence-electron chi connectivity index (χ0n) is 13.4. The van der Waals surface area contributed by atoms with Gasteiger partial charge in [0, 0.05) is 25.7 Å². The smallest absolute Gasteiger partial charge is 0.134 e. The highest BCUT2D eigenvalue weighted by molar-refractivity contribution is 5.49. The van der Waals surface area contributed by atoms with Gasteiger partial charge in [0.1, 0.15) is 18.0 Å². The minimum absolute atomic E-state index is 0.743. The molecule has 1 unspecified atom stereocenters. The number of nitrogens with one attached hydrogen (secondary N) is 1. The summed E-state index contributed by atoms with van der Waals surface area (Å²) in [5.41, 5.74) is 2.60. The molecule has 1 aliphatic rings. The molecule has 1 fully saturated rings. The number of benzene rings is 1. The summed E-state index contributed by atoms with van der Waals surface area (Å²) in [6.07, 6.45) is 4.23. The van der Waals surface area contributed by atoms with Gasteiger partial charge in [-0.25, -0.2) is 9.97 Å². The molecule has 1 aliphatic heterocycles. The van der Waals surface area contributed by atoms with Crippen LogP contribution in [0.3, 0.4) is 0 Å². The third-order valence-corrected chi connectivity index (χ3v) is 4.35. The molecule has 2 aromatic rings. The molecule has 4 heteroatoms. The summed E-state index contributed by atoms with van der Waals surface area (Å²) in [5.74, 6) is 2.67. The van der Waals surface area contributed by atoms with Crippen LogP contribution in [0.4, 0.5) is 11.6 Å². The Morgan fingerprint density at radius 2 is 2.14 bits per heavy atom. The van der Waals surface area contributed by atoms with Crippen molar-refractivity contribution < 1.29 is 0 Å². The first kappa shape index (κ1) is 14.8. The summed E-state index contributed by atoms with van der Waals surface area (Å²) in [5, 5.41) is 3.41. The molecule has 1 aromatic heterocycles. The van der Waals surface area contributed by atoms with Crippen molar-refractivity contribution in [1.29, 1.82) is 0 Å². The van der Waals surface area contributed by atoms with Gasteiger partial charge in [-0.3, -0.25) is 0 Å². The molecule has 1 saturated heterocycles. The molecule has 0 radical (unpaired) electrons. The van der Waals surface area contributed by atoms with E-state index >= 15 is 0 Å². The van der Waals surface area contributed by atoms with Crippen molar-refractivity contribution in [3.05, 3.63) is 47.8 Å². The van der Waals surface area contributed by atoms with Gasteiger partial charge in [-0.15, -0.1) is 0 Å². The van der Waals surface area contributed by atoms with Gasteiger partial charge in [-0.1, -0.05) is 31.2 Å². The van der Waals surface area contributed by atoms with Gasteiger partial charge in [0.15, 0.2) is 0 Å². The summed E-state index contributed by atoms with van der Waals surface area (Å²) in [4.78, 5) is 11.2. The van der Waals surface area contributed by atoms with Crippen LogP contribution in [0, 0.1) is 12.8 Å². The quantitative estimate of drug-likeness (QED) is 0.935. The minimum atomic E-state index is 0.743. The standard InChI is InChI=1S/C18H24N4/c1-14-6-5-9-22(12-14)18-10-17(20-13-21-18)19-11-16-8-4-3-7-15(16)2/h3-4,7-8,10,13-14H,5-6,9,11-12H2,1-2H3,(H,19,20,21). The van der Waals surface area contributed by atoms with Crippen molar-refractivity contribution >= 4 is 11.6 Å². The molecule has 0 spiro atoms. The predicted molar refractivity (Wildman–Crippen MR) is 91.1 cm³/mol. The molecule has 4 nitrogen and oxygen atoms in total. The summed E-state index contributed by atoms with van der Waals surface area (Å²) in [6, 6.07) is 10.5. The highest BCUT2D eigenvalue weighted by atomic mass is 15.2. The maximum Gasteiger partial charge on any atom is 0.134 e. The summed E-state index contributed by atoms with van der Waals surface area (Å²) in [7, 11) is 0. The molecule has 116 valence electrons. The second kappa shape index (κ2) is 6.77.